The zero-order chi connectivity index (χ0) is 10.7. The van der Waals surface area contributed by atoms with E-state index in [1.807, 2.05) is 13.8 Å². The van der Waals surface area contributed by atoms with E-state index < -0.39 is 6.10 Å². The minimum atomic E-state index is -0.471. The van der Waals surface area contributed by atoms with E-state index in [1.54, 1.807) is 4.90 Å². The number of nitrogens with zero attached hydrogens (tertiary/aromatic N) is 1. The fraction of sp³-hybridized carbons (Fsp3) is 0.700. The van der Waals surface area contributed by atoms with Crippen LogP contribution in [0.1, 0.15) is 13.8 Å². The molecule has 4 heteroatoms. The van der Waals surface area contributed by atoms with Gasteiger partial charge in [-0.2, -0.15) is 0 Å². The van der Waals surface area contributed by atoms with Crippen LogP contribution in [0.3, 0.4) is 0 Å². The first-order valence-corrected chi connectivity index (χ1v) is 4.90. The maximum Gasteiger partial charge on any atom is 0.246 e. The van der Waals surface area contributed by atoms with Crippen molar-refractivity contribution in [3.8, 4) is 0 Å². The topological polar surface area (TPSA) is 52.6 Å². The van der Waals surface area contributed by atoms with Gasteiger partial charge in [-0.1, -0.05) is 20.4 Å². The van der Waals surface area contributed by atoms with Crippen LogP contribution >= 0.6 is 0 Å². The quantitative estimate of drug-likeness (QED) is 0.614. The number of likely N-dealkylation sites (tertiary alicyclic amines) is 1. The molecule has 14 heavy (non-hydrogen) atoms. The summed E-state index contributed by atoms with van der Waals surface area (Å²) in [6.07, 6.45) is 0.811. The minimum absolute atomic E-state index is 0.0149. The Morgan fingerprint density at radius 1 is 1.64 bits per heavy atom. The second-order valence-electron chi connectivity index (χ2n) is 3.94. The fourth-order valence-electron chi connectivity index (χ4n) is 1.69. The van der Waals surface area contributed by atoms with Crippen molar-refractivity contribution in [3.63, 3.8) is 0 Å². The van der Waals surface area contributed by atoms with Gasteiger partial charge in [0.05, 0.1) is 12.1 Å². The molecule has 2 N–H and O–H groups in total. The van der Waals surface area contributed by atoms with Crippen molar-refractivity contribution >= 4 is 5.91 Å². The van der Waals surface area contributed by atoms with Crippen molar-refractivity contribution in [1.82, 2.24) is 10.2 Å². The molecule has 0 aromatic carbocycles. The molecule has 1 heterocycles. The Morgan fingerprint density at radius 2 is 2.29 bits per heavy atom. The largest absolute Gasteiger partial charge is 0.390 e. The first kappa shape index (κ1) is 11.2. The summed E-state index contributed by atoms with van der Waals surface area (Å²) in [7, 11) is 0. The second kappa shape index (κ2) is 4.57. The molecule has 1 aliphatic rings. The number of aliphatic hydroxyl groups is 1. The van der Waals surface area contributed by atoms with Crippen LogP contribution in [-0.4, -0.2) is 47.2 Å². The average molecular weight is 198 g/mol. The van der Waals surface area contributed by atoms with E-state index in [0.29, 0.717) is 19.1 Å². The summed E-state index contributed by atoms with van der Waals surface area (Å²) in [5.41, 5.74) is 0. The Hall–Kier alpha value is -0.870. The molecule has 0 aliphatic carbocycles. The van der Waals surface area contributed by atoms with Gasteiger partial charge in [-0.25, -0.2) is 0 Å². The van der Waals surface area contributed by atoms with Crippen LogP contribution in [0.2, 0.25) is 0 Å². The number of hydrogen-bond donors (Lipinski definition) is 2. The highest BCUT2D eigenvalue weighted by molar-refractivity contribution is 5.87. The number of β-amino-alcohol motifs (C(OH)–C–C–N with tert-alkyl or cyclic N) is 1. The Bertz CT molecular complexity index is 228. The summed E-state index contributed by atoms with van der Waals surface area (Å²) in [6, 6.07) is 0.298. The molecule has 2 atom stereocenters. The summed E-state index contributed by atoms with van der Waals surface area (Å²) in [6.45, 7) is 8.42. The lowest BCUT2D eigenvalue weighted by atomic mass is 10.2. The van der Waals surface area contributed by atoms with Gasteiger partial charge in [-0.05, 0) is 6.08 Å². The lowest BCUT2D eigenvalue weighted by molar-refractivity contribution is -0.125. The Labute approximate surface area is 84.6 Å². The zero-order valence-corrected chi connectivity index (χ0v) is 8.73. The highest BCUT2D eigenvalue weighted by atomic mass is 16.3. The van der Waals surface area contributed by atoms with Gasteiger partial charge in [-0.3, -0.25) is 4.79 Å². The van der Waals surface area contributed by atoms with Crippen LogP contribution in [0.5, 0.6) is 0 Å². The van der Waals surface area contributed by atoms with Crippen LogP contribution in [0, 0.1) is 0 Å². The number of nitrogens with one attached hydrogen (secondary N) is 1. The molecule has 0 bridgehead atoms. The van der Waals surface area contributed by atoms with Gasteiger partial charge in [0.25, 0.3) is 0 Å². The molecular formula is C10H18N2O2. The van der Waals surface area contributed by atoms with Gasteiger partial charge in [-0.15, -0.1) is 0 Å². The number of carbonyl (C=O) groups excluding carboxylic acids is 1. The van der Waals surface area contributed by atoms with Crippen LogP contribution in [0.25, 0.3) is 0 Å². The molecule has 0 aromatic rings. The summed E-state index contributed by atoms with van der Waals surface area (Å²) >= 11 is 0. The van der Waals surface area contributed by atoms with E-state index in [0.717, 1.165) is 0 Å². The van der Waals surface area contributed by atoms with E-state index in [9.17, 15) is 9.90 Å². The lowest BCUT2D eigenvalue weighted by Crippen LogP contribution is -2.43. The zero-order valence-electron chi connectivity index (χ0n) is 8.73. The third kappa shape index (κ3) is 2.56. The molecule has 80 valence electrons. The van der Waals surface area contributed by atoms with Crippen LogP contribution in [-0.2, 0) is 4.79 Å². The van der Waals surface area contributed by atoms with Crippen molar-refractivity contribution in [1.29, 1.82) is 0 Å². The lowest BCUT2D eigenvalue weighted by Gasteiger charge is -2.18. The number of aliphatic hydroxyl groups excluding tert-OH is 1. The molecule has 4 nitrogen and oxygen atoms in total. The highest BCUT2D eigenvalue weighted by Crippen LogP contribution is 2.11. The van der Waals surface area contributed by atoms with Crippen molar-refractivity contribution in [3.05, 3.63) is 12.7 Å². The van der Waals surface area contributed by atoms with Crippen molar-refractivity contribution in [2.75, 3.05) is 13.1 Å². The van der Waals surface area contributed by atoms with Crippen molar-refractivity contribution in [2.24, 2.45) is 0 Å². The minimum Gasteiger partial charge on any atom is -0.390 e. The maximum absolute atomic E-state index is 11.3. The first-order valence-electron chi connectivity index (χ1n) is 4.90. The van der Waals surface area contributed by atoms with E-state index in [1.165, 1.54) is 6.08 Å². The standard InChI is InChI=1S/C10H18N2O2/c1-4-10(14)12-5-8(9(13)6-12)11-7(2)3/h4,7-9,11,13H,1,5-6H2,2-3H3/t8-,9+/m1/s1. The van der Waals surface area contributed by atoms with Gasteiger partial charge in [0.15, 0.2) is 0 Å². The van der Waals surface area contributed by atoms with E-state index >= 15 is 0 Å². The molecule has 0 unspecified atom stereocenters. The molecule has 1 fully saturated rings. The van der Waals surface area contributed by atoms with Crippen LogP contribution in [0.4, 0.5) is 0 Å². The predicted octanol–water partition coefficient (Wildman–Crippen LogP) is -0.258. The maximum atomic E-state index is 11.3. The number of rotatable bonds is 3. The molecule has 1 rings (SSSR count). The van der Waals surface area contributed by atoms with Gasteiger partial charge < -0.3 is 15.3 Å². The number of hydrogen-bond acceptors (Lipinski definition) is 3. The summed E-state index contributed by atoms with van der Waals surface area (Å²) in [5.74, 6) is -0.114. The predicted molar refractivity (Wildman–Crippen MR) is 54.8 cm³/mol. The normalized spacial score (nSPS) is 27.0. The number of carbonyl (C=O) groups is 1. The van der Waals surface area contributed by atoms with E-state index in [2.05, 4.69) is 11.9 Å². The molecule has 1 saturated heterocycles. The third-order valence-electron chi connectivity index (χ3n) is 2.32. The van der Waals surface area contributed by atoms with Gasteiger partial charge >= 0.3 is 0 Å². The molecule has 1 amide bonds. The van der Waals surface area contributed by atoms with Gasteiger partial charge in [0, 0.05) is 19.1 Å². The molecular weight excluding hydrogens is 180 g/mol. The smallest absolute Gasteiger partial charge is 0.246 e. The Balaban J connectivity index is 2.51. The molecule has 1 aliphatic heterocycles. The SMILES string of the molecule is C=CC(=O)N1C[C@H](O)[C@H](NC(C)C)C1. The molecule has 0 aromatic heterocycles. The number of amides is 1. The Morgan fingerprint density at radius 3 is 2.79 bits per heavy atom. The first-order chi connectivity index (χ1) is 6.54. The molecule has 0 spiro atoms. The van der Waals surface area contributed by atoms with Crippen molar-refractivity contribution < 1.29 is 9.90 Å². The van der Waals surface area contributed by atoms with Gasteiger partial charge in [0.1, 0.15) is 0 Å². The molecule has 0 saturated carbocycles. The van der Waals surface area contributed by atoms with Gasteiger partial charge in [0.2, 0.25) is 5.91 Å². The van der Waals surface area contributed by atoms with Crippen molar-refractivity contribution in [2.45, 2.75) is 32.0 Å². The molecule has 0 radical (unpaired) electrons. The summed E-state index contributed by atoms with van der Waals surface area (Å²) in [5, 5.41) is 12.9. The van der Waals surface area contributed by atoms with E-state index in [-0.39, 0.29) is 11.9 Å². The Kier molecular flexibility index (Phi) is 3.66. The van der Waals surface area contributed by atoms with Crippen LogP contribution in [0.15, 0.2) is 12.7 Å². The monoisotopic (exact) mass is 198 g/mol. The van der Waals surface area contributed by atoms with E-state index in [4.69, 9.17) is 0 Å². The summed E-state index contributed by atoms with van der Waals surface area (Å²) in [4.78, 5) is 12.9. The van der Waals surface area contributed by atoms with Crippen LogP contribution < -0.4 is 5.32 Å². The summed E-state index contributed by atoms with van der Waals surface area (Å²) < 4.78 is 0. The second-order valence-corrected chi connectivity index (χ2v) is 3.94. The highest BCUT2D eigenvalue weighted by Gasteiger charge is 2.32. The average Bonchev–Trinajstić information content (AvgIpc) is 2.46. The fourth-order valence-corrected chi connectivity index (χ4v) is 1.69. The third-order valence-corrected chi connectivity index (χ3v) is 2.32.